The highest BCUT2D eigenvalue weighted by atomic mass is 35.5. The number of hydrogen-bond donors (Lipinski definition) is 2. The van der Waals surface area contributed by atoms with Crippen LogP contribution >= 0.6 is 34.5 Å². The quantitative estimate of drug-likeness (QED) is 0.681. The third-order valence-corrected chi connectivity index (χ3v) is 4.88. The molecule has 138 valence electrons. The topological polar surface area (TPSA) is 84.5 Å². The molecule has 0 aliphatic carbocycles. The van der Waals surface area contributed by atoms with Gasteiger partial charge < -0.3 is 15.4 Å². The van der Waals surface area contributed by atoms with Crippen LogP contribution in [0.5, 0.6) is 0 Å². The van der Waals surface area contributed by atoms with Crippen molar-refractivity contribution in [1.29, 1.82) is 0 Å². The third-order valence-electron chi connectivity index (χ3n) is 3.28. The van der Waals surface area contributed by atoms with E-state index >= 15 is 0 Å². The molecule has 2 rings (SSSR count). The number of thiophene rings is 1. The highest BCUT2D eigenvalue weighted by Crippen LogP contribution is 2.20. The Bertz CT molecular complexity index is 796. The van der Waals surface area contributed by atoms with Gasteiger partial charge in [-0.3, -0.25) is 14.4 Å². The summed E-state index contributed by atoms with van der Waals surface area (Å²) in [5.74, 6) is -1.70. The van der Waals surface area contributed by atoms with E-state index in [9.17, 15) is 14.4 Å². The van der Waals surface area contributed by atoms with E-state index in [-0.39, 0.29) is 23.2 Å². The van der Waals surface area contributed by atoms with Crippen LogP contribution in [0.1, 0.15) is 28.2 Å². The van der Waals surface area contributed by atoms with Gasteiger partial charge in [0, 0.05) is 9.90 Å². The lowest BCUT2D eigenvalue weighted by Crippen LogP contribution is -2.34. The first-order chi connectivity index (χ1) is 12.4. The third kappa shape index (κ3) is 6.01. The first-order valence-corrected chi connectivity index (χ1v) is 9.22. The summed E-state index contributed by atoms with van der Waals surface area (Å²) in [6, 6.07) is 8.00. The Morgan fingerprint density at radius 2 is 2.00 bits per heavy atom. The number of rotatable bonds is 7. The van der Waals surface area contributed by atoms with E-state index in [2.05, 4.69) is 10.6 Å². The minimum absolute atomic E-state index is 0.172. The van der Waals surface area contributed by atoms with Gasteiger partial charge in [0.05, 0.1) is 16.6 Å². The van der Waals surface area contributed by atoms with Gasteiger partial charge >= 0.3 is 5.97 Å². The molecule has 1 aromatic heterocycles. The molecule has 6 nitrogen and oxygen atoms in total. The second kappa shape index (κ2) is 9.56. The summed E-state index contributed by atoms with van der Waals surface area (Å²) in [6.45, 7) is 1.03. The van der Waals surface area contributed by atoms with Crippen molar-refractivity contribution in [2.75, 3.05) is 13.2 Å². The molecule has 26 heavy (non-hydrogen) atoms. The Morgan fingerprint density at radius 1 is 1.23 bits per heavy atom. The number of amides is 2. The normalized spacial score (nSPS) is 11.5. The molecule has 0 saturated carbocycles. The Labute approximate surface area is 164 Å². The Morgan fingerprint density at radius 3 is 2.65 bits per heavy atom. The van der Waals surface area contributed by atoms with Crippen LogP contribution < -0.4 is 10.6 Å². The summed E-state index contributed by atoms with van der Waals surface area (Å²) >= 11 is 13.2. The molecular formula is C17H16Cl2N2O4S. The van der Waals surface area contributed by atoms with Gasteiger partial charge in [0.15, 0.2) is 6.61 Å². The lowest BCUT2D eigenvalue weighted by Gasteiger charge is -2.12. The molecule has 0 bridgehead atoms. The highest BCUT2D eigenvalue weighted by Gasteiger charge is 2.15. The predicted molar refractivity (Wildman–Crippen MR) is 101 cm³/mol. The number of halogens is 2. The van der Waals surface area contributed by atoms with E-state index in [0.717, 1.165) is 4.88 Å². The second-order valence-electron chi connectivity index (χ2n) is 5.27. The fourth-order valence-electron chi connectivity index (χ4n) is 2.01. The lowest BCUT2D eigenvalue weighted by molar-refractivity contribution is -0.147. The predicted octanol–water partition coefficient (Wildman–Crippen LogP) is 3.21. The molecule has 0 fully saturated rings. The largest absolute Gasteiger partial charge is 0.454 e. The fourth-order valence-corrected chi connectivity index (χ4v) is 3.24. The average Bonchev–Trinajstić information content (AvgIpc) is 3.12. The molecule has 1 atom stereocenters. The van der Waals surface area contributed by atoms with Crippen LogP contribution in [0.25, 0.3) is 0 Å². The molecular weight excluding hydrogens is 399 g/mol. The zero-order valence-electron chi connectivity index (χ0n) is 13.8. The van der Waals surface area contributed by atoms with E-state index < -0.39 is 24.4 Å². The van der Waals surface area contributed by atoms with Crippen LogP contribution in [0.3, 0.4) is 0 Å². The van der Waals surface area contributed by atoms with Gasteiger partial charge in [-0.2, -0.15) is 0 Å². The molecule has 2 aromatic rings. The van der Waals surface area contributed by atoms with Gasteiger partial charge in [0.25, 0.3) is 11.8 Å². The van der Waals surface area contributed by atoms with Crippen LogP contribution in [0.15, 0.2) is 35.7 Å². The molecule has 0 saturated heterocycles. The highest BCUT2D eigenvalue weighted by molar-refractivity contribution is 7.10. The van der Waals surface area contributed by atoms with E-state index in [1.165, 1.54) is 29.5 Å². The maximum Gasteiger partial charge on any atom is 0.325 e. The lowest BCUT2D eigenvalue weighted by atomic mass is 10.2. The number of hydrogen-bond acceptors (Lipinski definition) is 5. The van der Waals surface area contributed by atoms with Crippen LogP contribution in [-0.2, 0) is 14.3 Å². The first-order valence-electron chi connectivity index (χ1n) is 7.58. The maximum absolute atomic E-state index is 12.0. The number of benzene rings is 1. The number of carbonyl (C=O) groups excluding carboxylic acids is 3. The van der Waals surface area contributed by atoms with Crippen molar-refractivity contribution < 1.29 is 19.1 Å². The van der Waals surface area contributed by atoms with Crippen LogP contribution in [0, 0.1) is 0 Å². The van der Waals surface area contributed by atoms with E-state index in [1.54, 1.807) is 0 Å². The van der Waals surface area contributed by atoms with Crippen molar-refractivity contribution in [2.45, 2.75) is 13.0 Å². The fraction of sp³-hybridized carbons (Fsp3) is 0.235. The molecule has 1 heterocycles. The van der Waals surface area contributed by atoms with Gasteiger partial charge in [-0.25, -0.2) is 0 Å². The Balaban J connectivity index is 1.73. The second-order valence-corrected chi connectivity index (χ2v) is 7.10. The molecule has 0 aliphatic rings. The van der Waals surface area contributed by atoms with E-state index in [0.29, 0.717) is 5.02 Å². The number of esters is 1. The summed E-state index contributed by atoms with van der Waals surface area (Å²) < 4.78 is 4.84. The maximum atomic E-state index is 12.0. The average molecular weight is 415 g/mol. The summed E-state index contributed by atoms with van der Waals surface area (Å²) in [7, 11) is 0. The zero-order chi connectivity index (χ0) is 19.1. The van der Waals surface area contributed by atoms with Gasteiger partial charge in [-0.05, 0) is 36.6 Å². The van der Waals surface area contributed by atoms with Gasteiger partial charge in [-0.1, -0.05) is 29.3 Å². The SMILES string of the molecule is C[C@@H](NC(=O)COC(=O)CNC(=O)c1ccc(Cl)cc1Cl)c1cccs1. The molecule has 0 spiro atoms. The zero-order valence-corrected chi connectivity index (χ0v) is 16.1. The van der Waals surface area contributed by atoms with Crippen molar-refractivity contribution in [3.05, 3.63) is 56.2 Å². The van der Waals surface area contributed by atoms with E-state index in [1.807, 2.05) is 24.4 Å². The van der Waals surface area contributed by atoms with Crippen molar-refractivity contribution in [3.8, 4) is 0 Å². The monoisotopic (exact) mass is 414 g/mol. The van der Waals surface area contributed by atoms with Crippen molar-refractivity contribution in [2.24, 2.45) is 0 Å². The first kappa shape index (κ1) is 20.2. The number of carbonyl (C=O) groups is 3. The summed E-state index contributed by atoms with van der Waals surface area (Å²) in [5, 5.41) is 7.57. The van der Waals surface area contributed by atoms with Crippen molar-refractivity contribution in [1.82, 2.24) is 10.6 Å². The molecule has 0 radical (unpaired) electrons. The van der Waals surface area contributed by atoms with Gasteiger partial charge in [-0.15, -0.1) is 11.3 Å². The Hall–Kier alpha value is -2.09. The number of nitrogens with one attached hydrogen (secondary N) is 2. The van der Waals surface area contributed by atoms with Crippen LogP contribution in [-0.4, -0.2) is 30.9 Å². The van der Waals surface area contributed by atoms with Gasteiger partial charge in [0.1, 0.15) is 6.54 Å². The Kier molecular flexibility index (Phi) is 7.44. The number of ether oxygens (including phenoxy) is 1. The van der Waals surface area contributed by atoms with Crippen molar-refractivity contribution in [3.63, 3.8) is 0 Å². The van der Waals surface area contributed by atoms with Crippen molar-refractivity contribution >= 4 is 52.3 Å². The molecule has 1 aromatic carbocycles. The summed E-state index contributed by atoms with van der Waals surface area (Å²) in [6.07, 6.45) is 0. The summed E-state index contributed by atoms with van der Waals surface area (Å²) in [4.78, 5) is 36.4. The molecule has 2 N–H and O–H groups in total. The minimum Gasteiger partial charge on any atom is -0.454 e. The standard InChI is InChI=1S/C17H16Cl2N2O4S/c1-10(14-3-2-6-26-14)21-15(22)9-25-16(23)8-20-17(24)12-5-4-11(18)7-13(12)19/h2-7,10H,8-9H2,1H3,(H,20,24)(H,21,22)/t10-/m1/s1. The van der Waals surface area contributed by atoms with Crippen LogP contribution in [0.4, 0.5) is 0 Å². The summed E-state index contributed by atoms with van der Waals surface area (Å²) in [5.41, 5.74) is 0.186. The van der Waals surface area contributed by atoms with Gasteiger partial charge in [0.2, 0.25) is 0 Å². The molecule has 0 unspecified atom stereocenters. The smallest absolute Gasteiger partial charge is 0.325 e. The molecule has 0 aliphatic heterocycles. The molecule has 9 heteroatoms. The van der Waals surface area contributed by atoms with Crippen LogP contribution in [0.2, 0.25) is 10.0 Å². The minimum atomic E-state index is -0.734. The van der Waals surface area contributed by atoms with E-state index in [4.69, 9.17) is 27.9 Å². The molecule has 2 amide bonds.